The molecule has 3 rings (SSSR count). The van der Waals surface area contributed by atoms with Gasteiger partial charge in [-0.25, -0.2) is 0 Å². The van der Waals surface area contributed by atoms with E-state index in [1.165, 1.54) is 11.1 Å². The van der Waals surface area contributed by atoms with E-state index < -0.39 is 5.97 Å². The van der Waals surface area contributed by atoms with Crippen molar-refractivity contribution in [1.82, 2.24) is 0 Å². The van der Waals surface area contributed by atoms with E-state index in [-0.39, 0.29) is 31.4 Å². The Balaban J connectivity index is 1.96. The molecule has 4 heteroatoms. The van der Waals surface area contributed by atoms with E-state index in [9.17, 15) is 9.90 Å². The van der Waals surface area contributed by atoms with Crippen LogP contribution in [0.5, 0.6) is 5.75 Å². The number of phenols is 1. The molecule has 0 unspecified atom stereocenters. The van der Waals surface area contributed by atoms with Crippen LogP contribution in [0.4, 0.5) is 0 Å². The summed E-state index contributed by atoms with van der Waals surface area (Å²) >= 11 is -0.189. The van der Waals surface area contributed by atoms with E-state index in [0.29, 0.717) is 5.75 Å². The summed E-state index contributed by atoms with van der Waals surface area (Å²) in [6, 6.07) is 10.4. The van der Waals surface area contributed by atoms with Crippen LogP contribution in [0.15, 0.2) is 36.4 Å². The van der Waals surface area contributed by atoms with Gasteiger partial charge in [0.2, 0.25) is 0 Å². The van der Waals surface area contributed by atoms with Crippen LogP contribution in [0.1, 0.15) is 67.6 Å². The van der Waals surface area contributed by atoms with Crippen molar-refractivity contribution >= 4 is 25.4 Å². The Morgan fingerprint density at radius 3 is 2.26 bits per heavy atom. The van der Waals surface area contributed by atoms with Crippen LogP contribution < -0.4 is 4.46 Å². The van der Waals surface area contributed by atoms with Gasteiger partial charge in [-0.05, 0) is 0 Å². The fourth-order valence-corrected chi connectivity index (χ4v) is 5.58. The molecule has 0 saturated heterocycles. The fraction of sp³-hybridized carbons (Fsp3) is 0.348. The number of carboxylic acid groups (broad SMARTS) is 1. The number of phenolic OH excluding ortho intramolecular Hbond substituents is 1. The van der Waals surface area contributed by atoms with Crippen molar-refractivity contribution in [2.24, 2.45) is 0 Å². The van der Waals surface area contributed by atoms with Crippen molar-refractivity contribution in [3.63, 3.8) is 0 Å². The molecule has 0 fully saturated rings. The fourth-order valence-electron chi connectivity index (χ4n) is 3.63. The SMILES string of the molecule is CC1(C)CCC(C)(C)c2c1ccc(O)c2[Se]C#Cc1ccc(C(=O)O)cc1. The summed E-state index contributed by atoms with van der Waals surface area (Å²) in [4.78, 5) is 14.2. The number of fused-ring (bicyclic) bond motifs is 1. The predicted molar refractivity (Wildman–Crippen MR) is 109 cm³/mol. The number of rotatable bonds is 2. The van der Waals surface area contributed by atoms with E-state index in [1.807, 2.05) is 6.07 Å². The van der Waals surface area contributed by atoms with E-state index in [2.05, 4.69) is 44.5 Å². The van der Waals surface area contributed by atoms with Gasteiger partial charge in [-0.15, -0.1) is 0 Å². The molecule has 0 atom stereocenters. The molecule has 0 radical (unpaired) electrons. The van der Waals surface area contributed by atoms with Crippen LogP contribution in [-0.2, 0) is 10.8 Å². The number of aromatic hydroxyl groups is 1. The normalized spacial score (nSPS) is 16.7. The third-order valence-electron chi connectivity index (χ3n) is 5.40. The molecule has 1 aliphatic carbocycles. The number of hydrogen-bond donors (Lipinski definition) is 2. The molecule has 0 spiro atoms. The van der Waals surface area contributed by atoms with E-state index >= 15 is 0 Å². The third-order valence-corrected chi connectivity index (χ3v) is 7.12. The molecule has 1 aliphatic rings. The summed E-state index contributed by atoms with van der Waals surface area (Å²) in [6.07, 6.45) is 2.22. The second-order valence-corrected chi connectivity index (χ2v) is 10.0. The molecule has 0 heterocycles. The Hall–Kier alpha value is -2.21. The molecule has 0 aromatic heterocycles. The minimum absolute atomic E-state index is 0.0193. The molecule has 0 aliphatic heterocycles. The molecular formula is C23H24O3Se. The van der Waals surface area contributed by atoms with Gasteiger partial charge >= 0.3 is 167 Å². The number of aromatic carboxylic acids is 1. The monoisotopic (exact) mass is 428 g/mol. The Morgan fingerprint density at radius 2 is 1.63 bits per heavy atom. The van der Waals surface area contributed by atoms with Crippen LogP contribution in [0.25, 0.3) is 0 Å². The predicted octanol–water partition coefficient (Wildman–Crippen LogP) is 3.78. The Labute approximate surface area is 167 Å². The minimum atomic E-state index is -0.940. The van der Waals surface area contributed by atoms with Crippen molar-refractivity contribution in [2.75, 3.05) is 0 Å². The van der Waals surface area contributed by atoms with E-state index in [4.69, 9.17) is 5.11 Å². The molecule has 0 bridgehead atoms. The number of carbonyl (C=O) groups is 1. The summed E-state index contributed by atoms with van der Waals surface area (Å²) < 4.78 is 0.979. The average molecular weight is 427 g/mol. The van der Waals surface area contributed by atoms with E-state index in [1.54, 1.807) is 24.3 Å². The summed E-state index contributed by atoms with van der Waals surface area (Å²) in [7, 11) is 0. The Bertz CT molecular complexity index is 944. The van der Waals surface area contributed by atoms with Crippen LogP contribution in [0, 0.1) is 10.7 Å². The zero-order chi connectivity index (χ0) is 19.8. The first-order valence-corrected chi connectivity index (χ1v) is 10.7. The molecule has 140 valence electrons. The molecule has 0 saturated carbocycles. The van der Waals surface area contributed by atoms with Crippen LogP contribution in [-0.4, -0.2) is 31.1 Å². The second kappa shape index (κ2) is 7.07. The third kappa shape index (κ3) is 3.90. The maximum absolute atomic E-state index is 10.9. The Morgan fingerprint density at radius 1 is 1.00 bits per heavy atom. The summed E-state index contributed by atoms with van der Waals surface area (Å²) in [5, 5.41) is 19.5. The van der Waals surface area contributed by atoms with Crippen molar-refractivity contribution in [1.29, 1.82) is 0 Å². The molecule has 27 heavy (non-hydrogen) atoms. The van der Waals surface area contributed by atoms with Gasteiger partial charge in [-0.3, -0.25) is 0 Å². The topological polar surface area (TPSA) is 57.5 Å². The van der Waals surface area contributed by atoms with Crippen LogP contribution >= 0.6 is 0 Å². The van der Waals surface area contributed by atoms with Gasteiger partial charge < -0.3 is 0 Å². The van der Waals surface area contributed by atoms with Crippen LogP contribution in [0.3, 0.4) is 0 Å². The molecule has 0 amide bonds. The molecular weight excluding hydrogens is 403 g/mol. The van der Waals surface area contributed by atoms with Crippen molar-refractivity contribution in [2.45, 2.75) is 51.4 Å². The van der Waals surface area contributed by atoms with Gasteiger partial charge in [0.25, 0.3) is 0 Å². The summed E-state index contributed by atoms with van der Waals surface area (Å²) in [5.41, 5.74) is 3.74. The zero-order valence-electron chi connectivity index (χ0n) is 16.1. The first-order chi connectivity index (χ1) is 12.6. The van der Waals surface area contributed by atoms with Crippen molar-refractivity contribution in [3.05, 3.63) is 58.7 Å². The average Bonchev–Trinajstić information content (AvgIpc) is 2.60. The van der Waals surface area contributed by atoms with Gasteiger partial charge in [0.1, 0.15) is 0 Å². The van der Waals surface area contributed by atoms with Crippen LogP contribution in [0.2, 0.25) is 0 Å². The van der Waals surface area contributed by atoms with Gasteiger partial charge in [0.05, 0.1) is 0 Å². The molecule has 2 aromatic carbocycles. The second-order valence-electron chi connectivity index (χ2n) is 8.32. The zero-order valence-corrected chi connectivity index (χ0v) is 17.8. The first-order valence-electron chi connectivity index (χ1n) is 9.00. The quantitative estimate of drug-likeness (QED) is 0.567. The van der Waals surface area contributed by atoms with Gasteiger partial charge in [0, 0.05) is 0 Å². The number of hydrogen-bond acceptors (Lipinski definition) is 2. The summed E-state index contributed by atoms with van der Waals surface area (Å²) in [5.74, 6) is 2.50. The molecule has 2 aromatic rings. The standard InChI is InChI=1S/C23H24O3Se/c1-22(2)12-13-23(3,4)19-17(22)9-10-18(24)20(19)27-14-11-15-5-7-16(8-6-15)21(25)26/h5-10,24H,12-13H2,1-4H3,(H,25,26). The van der Waals surface area contributed by atoms with E-state index in [0.717, 1.165) is 22.9 Å². The maximum atomic E-state index is 10.9. The molecule has 2 N–H and O–H groups in total. The van der Waals surface area contributed by atoms with Crippen molar-refractivity contribution in [3.8, 4) is 16.5 Å². The first kappa shape index (κ1) is 19.5. The van der Waals surface area contributed by atoms with Crippen molar-refractivity contribution < 1.29 is 15.0 Å². The number of benzene rings is 2. The summed E-state index contributed by atoms with van der Waals surface area (Å²) in [6.45, 7) is 9.03. The van der Waals surface area contributed by atoms with Gasteiger partial charge in [0.15, 0.2) is 0 Å². The molecule has 3 nitrogen and oxygen atoms in total. The van der Waals surface area contributed by atoms with Gasteiger partial charge in [-0.1, -0.05) is 0 Å². The number of carboxylic acids is 1. The van der Waals surface area contributed by atoms with Gasteiger partial charge in [-0.2, -0.15) is 0 Å². The Kier molecular flexibility index (Phi) is 5.12.